The molecule has 0 radical (unpaired) electrons. The lowest BCUT2D eigenvalue weighted by Gasteiger charge is -1.99. The Kier molecular flexibility index (Phi) is 2.17. The van der Waals surface area contributed by atoms with Crippen molar-refractivity contribution in [3.63, 3.8) is 0 Å². The fourth-order valence-corrected chi connectivity index (χ4v) is 1.61. The molecule has 0 fully saturated rings. The first kappa shape index (κ1) is 9.09. The number of furan rings is 1. The van der Waals surface area contributed by atoms with Crippen LogP contribution in [-0.2, 0) is 0 Å². The molecule has 14 heavy (non-hydrogen) atoms. The van der Waals surface area contributed by atoms with E-state index >= 15 is 0 Å². The molecule has 1 heterocycles. The van der Waals surface area contributed by atoms with Gasteiger partial charge in [-0.2, -0.15) is 0 Å². The number of hydrogen-bond acceptors (Lipinski definition) is 3. The number of aldehydes is 1. The number of halogens is 1. The Morgan fingerprint density at radius 3 is 2.93 bits per heavy atom. The first-order valence-electron chi connectivity index (χ1n) is 3.98. The summed E-state index contributed by atoms with van der Waals surface area (Å²) in [6.07, 6.45) is 0.585. The predicted molar refractivity (Wildman–Crippen MR) is 53.2 cm³/mol. The number of fused-ring (bicyclic) bond motifs is 1. The van der Waals surface area contributed by atoms with E-state index < -0.39 is 0 Å². The Bertz CT molecular complexity index is 487. The van der Waals surface area contributed by atoms with Crippen LogP contribution < -0.4 is 4.74 Å². The normalized spacial score (nSPS) is 10.4. The molecule has 3 nitrogen and oxygen atoms in total. The van der Waals surface area contributed by atoms with E-state index in [0.29, 0.717) is 28.0 Å². The number of hydrogen-bond donors (Lipinski definition) is 0. The predicted octanol–water partition coefficient (Wildman–Crippen LogP) is 2.91. The highest BCUT2D eigenvalue weighted by atomic mass is 35.5. The third-order valence-electron chi connectivity index (χ3n) is 1.97. The molecule has 0 aliphatic rings. The van der Waals surface area contributed by atoms with Gasteiger partial charge in [0.25, 0.3) is 0 Å². The molecule has 0 atom stereocenters. The molecule has 0 spiro atoms. The van der Waals surface area contributed by atoms with E-state index in [1.807, 2.05) is 0 Å². The lowest BCUT2D eigenvalue weighted by molar-refractivity contribution is 0.110. The van der Waals surface area contributed by atoms with Gasteiger partial charge in [-0.05, 0) is 12.1 Å². The van der Waals surface area contributed by atoms with E-state index in [-0.39, 0.29) is 5.76 Å². The molecule has 72 valence electrons. The molecule has 4 heteroatoms. The zero-order chi connectivity index (χ0) is 10.1. The molecule has 1 aromatic heterocycles. The minimum absolute atomic E-state index is 0.131. The molecule has 0 aliphatic carbocycles. The van der Waals surface area contributed by atoms with Crippen molar-refractivity contribution in [1.82, 2.24) is 0 Å². The van der Waals surface area contributed by atoms with Crippen LogP contribution in [0.1, 0.15) is 10.6 Å². The van der Waals surface area contributed by atoms with Crippen LogP contribution >= 0.6 is 11.6 Å². The van der Waals surface area contributed by atoms with Gasteiger partial charge in [-0.3, -0.25) is 4.79 Å². The summed E-state index contributed by atoms with van der Waals surface area (Å²) in [6.45, 7) is 0. The van der Waals surface area contributed by atoms with Crippen molar-refractivity contribution in [3.05, 3.63) is 29.0 Å². The van der Waals surface area contributed by atoms with Gasteiger partial charge in [0.15, 0.2) is 12.0 Å². The third kappa shape index (κ3) is 1.17. The van der Waals surface area contributed by atoms with Gasteiger partial charge in [-0.15, -0.1) is 0 Å². The highest BCUT2D eigenvalue weighted by Gasteiger charge is 2.14. The Morgan fingerprint density at radius 2 is 2.29 bits per heavy atom. The molecule has 0 aliphatic heterocycles. The van der Waals surface area contributed by atoms with Crippen molar-refractivity contribution in [3.8, 4) is 5.75 Å². The SMILES string of the molecule is COc1cccc2oc(C=O)c(Cl)c12. The van der Waals surface area contributed by atoms with E-state index in [9.17, 15) is 4.79 Å². The average Bonchev–Trinajstić information content (AvgIpc) is 2.55. The highest BCUT2D eigenvalue weighted by Crippen LogP contribution is 2.35. The number of carbonyl (C=O) groups is 1. The van der Waals surface area contributed by atoms with Gasteiger partial charge in [0, 0.05) is 0 Å². The zero-order valence-corrected chi connectivity index (χ0v) is 8.17. The number of carbonyl (C=O) groups excluding carboxylic acids is 1. The number of methoxy groups -OCH3 is 1. The lowest BCUT2D eigenvalue weighted by atomic mass is 10.2. The van der Waals surface area contributed by atoms with Gasteiger partial charge >= 0.3 is 0 Å². The molecular weight excluding hydrogens is 204 g/mol. The quantitative estimate of drug-likeness (QED) is 0.716. The molecule has 0 saturated heterocycles. The number of rotatable bonds is 2. The van der Waals surface area contributed by atoms with Crippen LogP contribution in [0.2, 0.25) is 5.02 Å². The fourth-order valence-electron chi connectivity index (χ4n) is 1.34. The molecule has 0 amide bonds. The van der Waals surface area contributed by atoms with Crippen molar-refractivity contribution in [1.29, 1.82) is 0 Å². The molecule has 0 bridgehead atoms. The summed E-state index contributed by atoms with van der Waals surface area (Å²) in [5.41, 5.74) is 0.552. The summed E-state index contributed by atoms with van der Waals surface area (Å²) >= 11 is 5.94. The Morgan fingerprint density at radius 1 is 1.50 bits per heavy atom. The first-order chi connectivity index (χ1) is 6.77. The van der Waals surface area contributed by atoms with E-state index in [1.165, 1.54) is 0 Å². The molecule has 2 aromatic rings. The second-order valence-corrected chi connectivity index (χ2v) is 3.11. The average molecular weight is 211 g/mol. The van der Waals surface area contributed by atoms with Crippen LogP contribution in [0.15, 0.2) is 22.6 Å². The summed E-state index contributed by atoms with van der Waals surface area (Å²) < 4.78 is 10.3. The Balaban J connectivity index is 2.85. The van der Waals surface area contributed by atoms with E-state index in [4.69, 9.17) is 20.8 Å². The summed E-state index contributed by atoms with van der Waals surface area (Å²) in [6, 6.07) is 5.27. The molecule has 0 saturated carbocycles. The van der Waals surface area contributed by atoms with Crippen molar-refractivity contribution >= 4 is 28.9 Å². The summed E-state index contributed by atoms with van der Waals surface area (Å²) in [4.78, 5) is 10.6. The Labute approximate surface area is 85.2 Å². The van der Waals surface area contributed by atoms with E-state index in [0.717, 1.165) is 0 Å². The fraction of sp³-hybridized carbons (Fsp3) is 0.100. The molecule has 1 aromatic carbocycles. The maximum absolute atomic E-state index is 10.6. The smallest absolute Gasteiger partial charge is 0.186 e. The third-order valence-corrected chi connectivity index (χ3v) is 2.35. The van der Waals surface area contributed by atoms with Crippen LogP contribution in [-0.4, -0.2) is 13.4 Å². The number of benzene rings is 1. The number of ether oxygens (including phenoxy) is 1. The van der Waals surface area contributed by atoms with E-state index in [2.05, 4.69) is 0 Å². The minimum Gasteiger partial charge on any atom is -0.496 e. The summed E-state index contributed by atoms with van der Waals surface area (Å²) in [7, 11) is 1.54. The second-order valence-electron chi connectivity index (χ2n) is 2.73. The molecular formula is C10H7ClO3. The van der Waals surface area contributed by atoms with Crippen LogP contribution in [0.3, 0.4) is 0 Å². The summed E-state index contributed by atoms with van der Waals surface area (Å²) in [5.74, 6) is 0.732. The zero-order valence-electron chi connectivity index (χ0n) is 7.41. The standard InChI is InChI=1S/C10H7ClO3/c1-13-6-3-2-4-7-9(6)10(11)8(5-12)14-7/h2-5H,1H3. The summed E-state index contributed by atoms with van der Waals surface area (Å²) in [5, 5.41) is 0.936. The lowest BCUT2D eigenvalue weighted by Crippen LogP contribution is -1.82. The van der Waals surface area contributed by atoms with Gasteiger partial charge in [-0.25, -0.2) is 0 Å². The Hall–Kier alpha value is -1.48. The van der Waals surface area contributed by atoms with Gasteiger partial charge in [0.1, 0.15) is 16.4 Å². The first-order valence-corrected chi connectivity index (χ1v) is 4.36. The highest BCUT2D eigenvalue weighted by molar-refractivity contribution is 6.38. The monoisotopic (exact) mass is 210 g/mol. The largest absolute Gasteiger partial charge is 0.496 e. The van der Waals surface area contributed by atoms with Gasteiger partial charge in [0.05, 0.1) is 12.5 Å². The van der Waals surface area contributed by atoms with Crippen molar-refractivity contribution in [2.45, 2.75) is 0 Å². The maximum Gasteiger partial charge on any atom is 0.186 e. The van der Waals surface area contributed by atoms with E-state index in [1.54, 1.807) is 25.3 Å². The second kappa shape index (κ2) is 3.35. The van der Waals surface area contributed by atoms with Gasteiger partial charge in [-0.1, -0.05) is 17.7 Å². The van der Waals surface area contributed by atoms with Crippen molar-refractivity contribution < 1.29 is 13.9 Å². The van der Waals surface area contributed by atoms with Crippen molar-refractivity contribution in [2.75, 3.05) is 7.11 Å². The maximum atomic E-state index is 10.6. The molecule has 0 N–H and O–H groups in total. The minimum atomic E-state index is 0.131. The topological polar surface area (TPSA) is 39.4 Å². The molecule has 0 unspecified atom stereocenters. The van der Waals surface area contributed by atoms with Gasteiger partial charge < -0.3 is 9.15 Å². The van der Waals surface area contributed by atoms with Crippen molar-refractivity contribution in [2.24, 2.45) is 0 Å². The van der Waals surface area contributed by atoms with Crippen LogP contribution in [0.4, 0.5) is 0 Å². The van der Waals surface area contributed by atoms with Crippen LogP contribution in [0.5, 0.6) is 5.75 Å². The van der Waals surface area contributed by atoms with Crippen LogP contribution in [0.25, 0.3) is 11.0 Å². The molecule has 2 rings (SSSR count). The van der Waals surface area contributed by atoms with Gasteiger partial charge in [0.2, 0.25) is 0 Å². The van der Waals surface area contributed by atoms with Crippen LogP contribution in [0, 0.1) is 0 Å².